The van der Waals surface area contributed by atoms with Crippen molar-refractivity contribution in [3.8, 4) is 0 Å². The highest BCUT2D eigenvalue weighted by Gasteiger charge is 2.57. The zero-order chi connectivity index (χ0) is 20.9. The van der Waals surface area contributed by atoms with E-state index in [2.05, 4.69) is 0 Å². The van der Waals surface area contributed by atoms with Crippen molar-refractivity contribution < 1.29 is 41.8 Å². The van der Waals surface area contributed by atoms with Crippen LogP contribution >= 0.6 is 7.60 Å². The fraction of sp³-hybridized carbons (Fsp3) is 0.611. The normalized spacial score (nSPS) is 28.9. The Bertz CT molecular complexity index is 690. The number of aliphatic hydroxyl groups is 1. The molecule has 1 aromatic carbocycles. The second-order valence-corrected chi connectivity index (χ2v) is 8.58. The minimum atomic E-state index is -4.11. The molecular weight excluding hydrogens is 397 g/mol. The van der Waals surface area contributed by atoms with Gasteiger partial charge in [-0.1, -0.05) is 18.2 Å². The summed E-state index contributed by atoms with van der Waals surface area (Å²) < 4.78 is 62.2. The molecule has 0 amide bonds. The zero-order valence-corrected chi connectivity index (χ0v) is 16.8. The fourth-order valence-corrected chi connectivity index (χ4v) is 4.40. The summed E-state index contributed by atoms with van der Waals surface area (Å²) in [6, 6.07) is 7.84. The van der Waals surface area contributed by atoms with Gasteiger partial charge in [0.05, 0.1) is 24.9 Å². The number of halogens is 2. The third-order valence-electron chi connectivity index (χ3n) is 4.30. The van der Waals surface area contributed by atoms with E-state index in [1.165, 1.54) is 26.0 Å². The fourth-order valence-electron chi connectivity index (χ4n) is 2.82. The van der Waals surface area contributed by atoms with Gasteiger partial charge in [-0.3, -0.25) is 4.57 Å². The molecule has 5 atom stereocenters. The van der Waals surface area contributed by atoms with Gasteiger partial charge in [-0.15, -0.1) is 0 Å². The average molecular weight is 422 g/mol. The summed E-state index contributed by atoms with van der Waals surface area (Å²) in [4.78, 5) is 12.1. The van der Waals surface area contributed by atoms with E-state index in [9.17, 15) is 23.2 Å². The van der Waals surface area contributed by atoms with Crippen LogP contribution < -0.4 is 0 Å². The van der Waals surface area contributed by atoms with Crippen molar-refractivity contribution in [1.29, 1.82) is 0 Å². The second kappa shape index (κ2) is 9.41. The number of hydrogen-bond donors (Lipinski definition) is 1. The van der Waals surface area contributed by atoms with E-state index in [0.717, 1.165) is 6.92 Å². The molecule has 158 valence electrons. The summed E-state index contributed by atoms with van der Waals surface area (Å²) >= 11 is 0. The number of ether oxygens (including phenoxy) is 2. The van der Waals surface area contributed by atoms with Gasteiger partial charge in [-0.2, -0.15) is 0 Å². The lowest BCUT2D eigenvalue weighted by molar-refractivity contribution is -0.146. The number of alkyl halides is 2. The Labute approximate surface area is 162 Å². The monoisotopic (exact) mass is 422 g/mol. The van der Waals surface area contributed by atoms with Crippen molar-refractivity contribution in [1.82, 2.24) is 0 Å². The van der Waals surface area contributed by atoms with E-state index in [4.69, 9.17) is 18.5 Å². The molecule has 1 aliphatic heterocycles. The van der Waals surface area contributed by atoms with Gasteiger partial charge in [0.1, 0.15) is 6.10 Å². The first-order chi connectivity index (χ1) is 13.2. The molecule has 1 saturated heterocycles. The molecule has 0 radical (unpaired) electrons. The van der Waals surface area contributed by atoms with Crippen molar-refractivity contribution in [3.05, 3.63) is 35.9 Å². The van der Waals surface area contributed by atoms with Crippen LogP contribution in [0.15, 0.2) is 30.3 Å². The largest absolute Gasteiger partial charge is 0.428 e. The van der Waals surface area contributed by atoms with Crippen LogP contribution in [0.4, 0.5) is 8.78 Å². The van der Waals surface area contributed by atoms with Crippen molar-refractivity contribution in [3.63, 3.8) is 0 Å². The first kappa shape index (κ1) is 22.9. The van der Waals surface area contributed by atoms with Crippen LogP contribution in [0.1, 0.15) is 37.6 Å². The smallest absolute Gasteiger partial charge is 0.364 e. The molecule has 1 fully saturated rings. The molecule has 0 aromatic heterocycles. The van der Waals surface area contributed by atoms with Gasteiger partial charge in [-0.05, 0) is 32.9 Å². The molecule has 1 aromatic rings. The number of benzene rings is 1. The van der Waals surface area contributed by atoms with Gasteiger partial charge in [0, 0.05) is 6.42 Å². The molecular formula is C18H25F2O7P. The minimum Gasteiger partial charge on any atom is -0.428 e. The number of carbonyl (C=O) groups is 1. The maximum atomic E-state index is 14.9. The van der Waals surface area contributed by atoms with E-state index >= 15 is 0 Å². The van der Waals surface area contributed by atoms with E-state index in [1.54, 1.807) is 18.2 Å². The molecule has 1 heterocycles. The highest BCUT2D eigenvalue weighted by Crippen LogP contribution is 2.56. The van der Waals surface area contributed by atoms with E-state index in [-0.39, 0.29) is 18.8 Å². The predicted octanol–water partition coefficient (Wildman–Crippen LogP) is 3.61. The average Bonchev–Trinajstić information content (AvgIpc) is 2.86. The number of aliphatic hydroxyl groups excluding tert-OH is 1. The third kappa shape index (κ3) is 4.96. The van der Waals surface area contributed by atoms with Crippen molar-refractivity contribution in [2.24, 2.45) is 0 Å². The molecule has 1 N–H and O–H groups in total. The quantitative estimate of drug-likeness (QED) is 0.480. The summed E-state index contributed by atoms with van der Waals surface area (Å²) in [5.41, 5.74) is -2.32. The van der Waals surface area contributed by atoms with E-state index in [0.29, 0.717) is 0 Å². The maximum absolute atomic E-state index is 14.9. The first-order valence-electron chi connectivity index (χ1n) is 8.97. The summed E-state index contributed by atoms with van der Waals surface area (Å²) in [6.45, 7) is 3.93. The van der Waals surface area contributed by atoms with Gasteiger partial charge in [0.15, 0.2) is 5.67 Å². The van der Waals surface area contributed by atoms with Crippen LogP contribution in [0.3, 0.4) is 0 Å². The van der Waals surface area contributed by atoms with Crippen LogP contribution in [0, 0.1) is 0 Å². The molecule has 28 heavy (non-hydrogen) atoms. The van der Waals surface area contributed by atoms with E-state index < -0.39 is 50.1 Å². The lowest BCUT2D eigenvalue weighted by Crippen LogP contribution is -2.43. The summed E-state index contributed by atoms with van der Waals surface area (Å²) in [6.07, 6.45) is -5.63. The Kier molecular flexibility index (Phi) is 7.70. The lowest BCUT2D eigenvalue weighted by Gasteiger charge is -2.24. The van der Waals surface area contributed by atoms with Gasteiger partial charge in [-0.25, -0.2) is 13.6 Å². The topological polar surface area (TPSA) is 91.3 Å². The van der Waals surface area contributed by atoms with E-state index in [1.807, 2.05) is 0 Å². The summed E-state index contributed by atoms with van der Waals surface area (Å²) in [7, 11) is -4.11. The highest BCUT2D eigenvalue weighted by molar-refractivity contribution is 7.54. The van der Waals surface area contributed by atoms with Gasteiger partial charge in [0.2, 0.25) is 12.2 Å². The van der Waals surface area contributed by atoms with Crippen molar-refractivity contribution >= 4 is 13.6 Å². The Morgan fingerprint density at radius 1 is 1.29 bits per heavy atom. The highest BCUT2D eigenvalue weighted by atomic mass is 31.2. The van der Waals surface area contributed by atoms with Crippen LogP contribution in [0.25, 0.3) is 0 Å². The van der Waals surface area contributed by atoms with Crippen LogP contribution in [0.2, 0.25) is 0 Å². The standard InChI is InChI=1S/C18H25F2O7P/c1-4-24-28(23,25-5-2)14(19)11-13-15(21)18(3,20)17(26-13)27-16(22)12-9-7-6-8-10-12/h6-10,13-15,17,21H,4-5,11H2,1-3H3/t13-,14?,15+,17+,18?/m1/s1. The SMILES string of the molecule is CCOP(=O)(OCC)C(F)C[C@H]1O[C@@H](OC(=O)c2ccccc2)C(C)(F)[C@H]1O. The molecule has 0 aliphatic carbocycles. The summed E-state index contributed by atoms with van der Waals surface area (Å²) in [5, 5.41) is 10.2. The molecule has 2 rings (SSSR count). The number of hydrogen-bond acceptors (Lipinski definition) is 7. The number of carbonyl (C=O) groups excluding carboxylic acids is 1. The van der Waals surface area contributed by atoms with Crippen molar-refractivity contribution in [2.45, 2.75) is 57.3 Å². The maximum Gasteiger partial charge on any atom is 0.364 e. The zero-order valence-electron chi connectivity index (χ0n) is 15.9. The molecule has 7 nitrogen and oxygen atoms in total. The predicted molar refractivity (Wildman–Crippen MR) is 96.4 cm³/mol. The number of rotatable bonds is 9. The summed E-state index contributed by atoms with van der Waals surface area (Å²) in [5.74, 6) is -3.00. The van der Waals surface area contributed by atoms with Crippen LogP contribution in [-0.2, 0) is 23.1 Å². The Morgan fingerprint density at radius 2 is 1.86 bits per heavy atom. The van der Waals surface area contributed by atoms with Crippen molar-refractivity contribution in [2.75, 3.05) is 13.2 Å². The second-order valence-electron chi connectivity index (χ2n) is 6.42. The minimum absolute atomic E-state index is 0.0517. The Balaban J connectivity index is 2.09. The molecule has 2 unspecified atom stereocenters. The molecule has 10 heteroatoms. The lowest BCUT2D eigenvalue weighted by atomic mass is 9.98. The molecule has 1 aliphatic rings. The molecule has 0 spiro atoms. The molecule has 0 saturated carbocycles. The van der Waals surface area contributed by atoms with Crippen LogP contribution in [-0.4, -0.2) is 54.4 Å². The van der Waals surface area contributed by atoms with Gasteiger partial charge < -0.3 is 23.6 Å². The third-order valence-corrected chi connectivity index (χ3v) is 6.43. The van der Waals surface area contributed by atoms with Gasteiger partial charge >= 0.3 is 13.6 Å². The van der Waals surface area contributed by atoms with Gasteiger partial charge in [0.25, 0.3) is 0 Å². The van der Waals surface area contributed by atoms with Crippen LogP contribution in [0.5, 0.6) is 0 Å². The first-order valence-corrected chi connectivity index (χ1v) is 10.6. The Morgan fingerprint density at radius 3 is 2.39 bits per heavy atom. The number of esters is 1. The molecule has 0 bridgehead atoms. The Hall–Kier alpha value is -1.38.